The Kier molecular flexibility index (Phi) is 3.28. The van der Waals surface area contributed by atoms with Gasteiger partial charge in [0.25, 0.3) is 0 Å². The maximum absolute atomic E-state index is 11.2. The molecule has 3 nitrogen and oxygen atoms in total. The van der Waals surface area contributed by atoms with Crippen molar-refractivity contribution in [2.24, 2.45) is 0 Å². The highest BCUT2D eigenvalue weighted by atomic mass is 32.2. The van der Waals surface area contributed by atoms with E-state index in [0.717, 1.165) is 10.3 Å². The number of hydrogen-bond donors (Lipinski definition) is 1. The van der Waals surface area contributed by atoms with Crippen LogP contribution in [0.4, 0.5) is 0 Å². The summed E-state index contributed by atoms with van der Waals surface area (Å²) in [5.41, 5.74) is 3.36. The molecule has 84 valence electrons. The van der Waals surface area contributed by atoms with E-state index in [-0.39, 0.29) is 5.56 Å². The zero-order chi connectivity index (χ0) is 12.3. The van der Waals surface area contributed by atoms with Crippen LogP contribution in [0.5, 0.6) is 0 Å². The second-order valence-electron chi connectivity index (χ2n) is 3.29. The molecule has 0 atom stereocenters. The third-order valence-electron chi connectivity index (χ3n) is 2.19. The molecule has 2 rings (SSSR count). The molecule has 0 spiro atoms. The van der Waals surface area contributed by atoms with Crippen molar-refractivity contribution in [2.45, 2.75) is 4.90 Å². The number of rotatable bonds is 3. The Morgan fingerprint density at radius 2 is 2.35 bits per heavy atom. The van der Waals surface area contributed by atoms with Gasteiger partial charge in [0.1, 0.15) is 0 Å². The van der Waals surface area contributed by atoms with E-state index in [1.165, 1.54) is 11.8 Å². The van der Waals surface area contributed by atoms with Crippen molar-refractivity contribution in [3.8, 4) is 0 Å². The first-order valence-electron chi connectivity index (χ1n) is 4.85. The van der Waals surface area contributed by atoms with E-state index in [1.54, 1.807) is 23.7 Å². The molecule has 1 aromatic heterocycles. The van der Waals surface area contributed by atoms with Gasteiger partial charge in [0, 0.05) is 21.9 Å². The lowest BCUT2D eigenvalue weighted by Crippen LogP contribution is -1.99. The predicted octanol–water partition coefficient (Wildman–Crippen LogP) is 3.32. The number of hydrogen-bond acceptors (Lipinski definition) is 3. The van der Waals surface area contributed by atoms with Gasteiger partial charge in [-0.1, -0.05) is 24.4 Å². The maximum atomic E-state index is 11.2. The fourth-order valence-electron chi connectivity index (χ4n) is 1.51. The van der Waals surface area contributed by atoms with Gasteiger partial charge in [0.15, 0.2) is 0 Å². The molecule has 1 N–H and O–H groups in total. The molecule has 0 fully saturated rings. The van der Waals surface area contributed by atoms with E-state index in [0.29, 0.717) is 5.52 Å². The molecule has 1 heterocycles. The first-order valence-corrected chi connectivity index (χ1v) is 5.73. The summed E-state index contributed by atoms with van der Waals surface area (Å²) in [5.74, 6) is -0.973. The van der Waals surface area contributed by atoms with Crippen LogP contribution in [0.15, 0.2) is 53.1 Å². The van der Waals surface area contributed by atoms with Crippen LogP contribution in [0.3, 0.4) is 0 Å². The van der Waals surface area contributed by atoms with Gasteiger partial charge >= 0.3 is 5.97 Å². The number of nitrogens with zero attached hydrogens (tertiary/aromatic N) is 1. The average molecular weight is 243 g/mol. The molecule has 0 unspecified atom stereocenters. The largest absolute Gasteiger partial charge is 0.478 e. The second kappa shape index (κ2) is 4.87. The molecule has 0 aliphatic heterocycles. The van der Waals surface area contributed by atoms with Crippen LogP contribution in [0, 0.1) is 0 Å². The Hall–Kier alpha value is -2.03. The van der Waals surface area contributed by atoms with Gasteiger partial charge < -0.3 is 5.11 Å². The van der Waals surface area contributed by atoms with Crippen LogP contribution < -0.4 is 0 Å². The fourth-order valence-corrected chi connectivity index (χ4v) is 2.11. The number of fused-ring (bicyclic) bond motifs is 1. The van der Waals surface area contributed by atoms with Crippen molar-refractivity contribution in [3.63, 3.8) is 0 Å². The molecule has 0 aliphatic carbocycles. The van der Waals surface area contributed by atoms with Gasteiger partial charge in [-0.25, -0.2) is 4.79 Å². The van der Waals surface area contributed by atoms with Crippen molar-refractivity contribution in [3.05, 3.63) is 53.7 Å². The van der Waals surface area contributed by atoms with Crippen LogP contribution in [0.2, 0.25) is 0 Å². The summed E-state index contributed by atoms with van der Waals surface area (Å²) in [6.45, 7) is 3.47. The van der Waals surface area contributed by atoms with Crippen LogP contribution >= 0.6 is 11.8 Å². The molecule has 17 heavy (non-hydrogen) atoms. The molecule has 1 aromatic carbocycles. The summed E-state index contributed by atoms with van der Waals surface area (Å²) < 4.78 is 0. The zero-order valence-corrected chi connectivity index (χ0v) is 9.70. The van der Waals surface area contributed by atoms with Gasteiger partial charge in [-0.15, -0.1) is 5.73 Å². The number of pyridine rings is 1. The van der Waals surface area contributed by atoms with E-state index >= 15 is 0 Å². The number of benzene rings is 1. The van der Waals surface area contributed by atoms with E-state index in [2.05, 4.69) is 17.3 Å². The lowest BCUT2D eigenvalue weighted by atomic mass is 10.1. The highest BCUT2D eigenvalue weighted by Gasteiger charge is 2.11. The topological polar surface area (TPSA) is 50.2 Å². The number of aromatic nitrogens is 1. The molecule has 0 saturated heterocycles. The van der Waals surface area contributed by atoms with Gasteiger partial charge in [-0.3, -0.25) is 4.98 Å². The van der Waals surface area contributed by atoms with E-state index in [4.69, 9.17) is 5.11 Å². The number of carboxylic acid groups (broad SMARTS) is 1. The van der Waals surface area contributed by atoms with Crippen molar-refractivity contribution in [1.82, 2.24) is 4.98 Å². The summed E-state index contributed by atoms with van der Waals surface area (Å²) in [4.78, 5) is 16.1. The molecule has 4 heteroatoms. The van der Waals surface area contributed by atoms with Crippen LogP contribution in [-0.4, -0.2) is 16.1 Å². The summed E-state index contributed by atoms with van der Waals surface area (Å²) in [5, 5.41) is 11.6. The summed E-state index contributed by atoms with van der Waals surface area (Å²) in [7, 11) is 0. The number of carbonyl (C=O) groups is 1. The number of carboxylic acids is 1. The van der Waals surface area contributed by atoms with Gasteiger partial charge in [0.05, 0.1) is 11.1 Å². The van der Waals surface area contributed by atoms with Gasteiger partial charge in [-0.2, -0.15) is 0 Å². The average Bonchev–Trinajstić information content (AvgIpc) is 2.35. The predicted molar refractivity (Wildman–Crippen MR) is 68.3 cm³/mol. The lowest BCUT2D eigenvalue weighted by Gasteiger charge is -2.04. The highest BCUT2D eigenvalue weighted by molar-refractivity contribution is 8.02. The van der Waals surface area contributed by atoms with Gasteiger partial charge in [0.2, 0.25) is 0 Å². The van der Waals surface area contributed by atoms with Crippen LogP contribution in [-0.2, 0) is 0 Å². The number of thioether (sulfide) groups is 1. The molecular weight excluding hydrogens is 234 g/mol. The molecule has 0 radical (unpaired) electrons. The van der Waals surface area contributed by atoms with E-state index in [1.807, 2.05) is 12.1 Å². The zero-order valence-electron chi connectivity index (χ0n) is 8.88. The molecule has 0 amide bonds. The second-order valence-corrected chi connectivity index (χ2v) is 4.23. The molecule has 2 aromatic rings. The molecule has 0 saturated carbocycles. The van der Waals surface area contributed by atoms with Crippen molar-refractivity contribution < 1.29 is 9.90 Å². The standard InChI is InChI=1S/C13H9NO2S/c1-2-6-17-10-7-9-4-3-5-14-12(9)11(8-10)13(15)16/h3-8H,1H2,(H,15,16). The van der Waals surface area contributed by atoms with Gasteiger partial charge in [-0.05, 0) is 18.2 Å². The Bertz CT molecular complexity index is 630. The van der Waals surface area contributed by atoms with Crippen molar-refractivity contribution in [2.75, 3.05) is 0 Å². The quantitative estimate of drug-likeness (QED) is 0.663. The minimum Gasteiger partial charge on any atom is -0.478 e. The Labute approximate surface area is 102 Å². The first-order chi connectivity index (χ1) is 8.22. The lowest BCUT2D eigenvalue weighted by molar-refractivity contribution is 0.0698. The SMILES string of the molecule is C=C=CSc1cc(C(=O)O)c2ncccc2c1. The summed E-state index contributed by atoms with van der Waals surface area (Å²) in [6, 6.07) is 7.13. The Morgan fingerprint density at radius 3 is 3.06 bits per heavy atom. The molecule has 0 bridgehead atoms. The fraction of sp³-hybridized carbons (Fsp3) is 0. The third kappa shape index (κ3) is 2.38. The summed E-state index contributed by atoms with van der Waals surface area (Å²) in [6.07, 6.45) is 1.59. The van der Waals surface area contributed by atoms with E-state index in [9.17, 15) is 4.79 Å². The van der Waals surface area contributed by atoms with Crippen LogP contribution in [0.1, 0.15) is 10.4 Å². The van der Waals surface area contributed by atoms with Crippen molar-refractivity contribution in [1.29, 1.82) is 0 Å². The monoisotopic (exact) mass is 243 g/mol. The Morgan fingerprint density at radius 1 is 1.53 bits per heavy atom. The van der Waals surface area contributed by atoms with E-state index < -0.39 is 5.97 Å². The number of aromatic carboxylic acids is 1. The highest BCUT2D eigenvalue weighted by Crippen LogP contribution is 2.26. The minimum atomic E-state index is -0.973. The normalized spacial score (nSPS) is 9.88. The minimum absolute atomic E-state index is 0.211. The molecule has 0 aliphatic rings. The smallest absolute Gasteiger partial charge is 0.337 e. The molecular formula is C13H9NO2S. The first kappa shape index (κ1) is 11.5. The maximum Gasteiger partial charge on any atom is 0.337 e. The van der Waals surface area contributed by atoms with Crippen LogP contribution in [0.25, 0.3) is 10.9 Å². The summed E-state index contributed by atoms with van der Waals surface area (Å²) >= 11 is 1.38. The Balaban J connectivity index is 2.66. The third-order valence-corrected chi connectivity index (χ3v) is 2.98. The van der Waals surface area contributed by atoms with Crippen molar-refractivity contribution >= 4 is 28.6 Å².